The van der Waals surface area contributed by atoms with E-state index in [1.54, 1.807) is 0 Å². The standard InChI is InChI=1S/C15H28N2O3/c1-11(2)8-13(9-14(18)19)10-16-15(20)17-7-5-4-6-12(17)3/h11-13H,4-10H2,1-3H3,(H,16,20)(H,18,19)/t12?,13-/m0/s1. The van der Waals surface area contributed by atoms with Gasteiger partial charge in [0.2, 0.25) is 0 Å². The number of nitrogens with zero attached hydrogens (tertiary/aromatic N) is 1. The van der Waals surface area contributed by atoms with E-state index in [-0.39, 0.29) is 24.4 Å². The van der Waals surface area contributed by atoms with Crippen LogP contribution in [0.15, 0.2) is 0 Å². The van der Waals surface area contributed by atoms with Gasteiger partial charge in [0, 0.05) is 25.6 Å². The molecule has 1 rings (SSSR count). The van der Waals surface area contributed by atoms with E-state index in [2.05, 4.69) is 26.1 Å². The molecule has 1 aliphatic rings. The van der Waals surface area contributed by atoms with E-state index in [0.29, 0.717) is 12.5 Å². The number of urea groups is 1. The molecule has 0 saturated carbocycles. The molecule has 0 spiro atoms. The van der Waals surface area contributed by atoms with Gasteiger partial charge in [0.15, 0.2) is 0 Å². The number of carboxylic acid groups (broad SMARTS) is 1. The van der Waals surface area contributed by atoms with E-state index in [1.165, 1.54) is 6.42 Å². The van der Waals surface area contributed by atoms with Crippen LogP contribution in [0.4, 0.5) is 4.79 Å². The highest BCUT2D eigenvalue weighted by Crippen LogP contribution is 2.17. The molecular formula is C15H28N2O3. The van der Waals surface area contributed by atoms with Crippen molar-refractivity contribution in [2.45, 2.75) is 58.9 Å². The number of hydrogen-bond donors (Lipinski definition) is 2. The van der Waals surface area contributed by atoms with Gasteiger partial charge >= 0.3 is 12.0 Å². The van der Waals surface area contributed by atoms with E-state index < -0.39 is 5.97 Å². The average molecular weight is 284 g/mol. The van der Waals surface area contributed by atoms with E-state index >= 15 is 0 Å². The number of carbonyl (C=O) groups is 2. The van der Waals surface area contributed by atoms with Crippen LogP contribution in [0.25, 0.3) is 0 Å². The summed E-state index contributed by atoms with van der Waals surface area (Å²) >= 11 is 0. The third kappa shape index (κ3) is 5.80. The Morgan fingerprint density at radius 3 is 2.60 bits per heavy atom. The van der Waals surface area contributed by atoms with E-state index in [0.717, 1.165) is 25.8 Å². The number of carboxylic acids is 1. The molecule has 0 aromatic carbocycles. The predicted molar refractivity (Wildman–Crippen MR) is 78.6 cm³/mol. The molecule has 0 bridgehead atoms. The number of likely N-dealkylation sites (tertiary alicyclic amines) is 1. The lowest BCUT2D eigenvalue weighted by Crippen LogP contribution is -2.48. The maximum Gasteiger partial charge on any atom is 0.317 e. The number of piperidine rings is 1. The van der Waals surface area contributed by atoms with Gasteiger partial charge in [-0.05, 0) is 44.4 Å². The molecule has 1 saturated heterocycles. The fourth-order valence-corrected chi connectivity index (χ4v) is 2.89. The Kier molecular flexibility index (Phi) is 6.82. The summed E-state index contributed by atoms with van der Waals surface area (Å²) in [6.07, 6.45) is 4.23. The molecule has 1 fully saturated rings. The number of aliphatic carboxylic acids is 1. The SMILES string of the molecule is CC(C)C[C@H](CNC(=O)N1CCCCC1C)CC(=O)O. The molecule has 2 amide bonds. The fraction of sp³-hybridized carbons (Fsp3) is 0.867. The Hall–Kier alpha value is -1.26. The molecule has 20 heavy (non-hydrogen) atoms. The second-order valence-corrected chi connectivity index (χ2v) is 6.32. The molecule has 1 heterocycles. The zero-order valence-corrected chi connectivity index (χ0v) is 12.9. The molecule has 5 heteroatoms. The summed E-state index contributed by atoms with van der Waals surface area (Å²) in [6.45, 7) is 7.47. The largest absolute Gasteiger partial charge is 0.481 e. The van der Waals surface area contributed by atoms with Crippen LogP contribution in [0.3, 0.4) is 0 Å². The van der Waals surface area contributed by atoms with Gasteiger partial charge in [-0.2, -0.15) is 0 Å². The maximum absolute atomic E-state index is 12.2. The van der Waals surface area contributed by atoms with E-state index in [9.17, 15) is 9.59 Å². The Labute approximate surface area is 121 Å². The minimum absolute atomic E-state index is 0.0107. The molecule has 0 aliphatic carbocycles. The van der Waals surface area contributed by atoms with Gasteiger partial charge in [0.05, 0.1) is 0 Å². The lowest BCUT2D eigenvalue weighted by Gasteiger charge is -2.33. The van der Waals surface area contributed by atoms with E-state index in [4.69, 9.17) is 5.11 Å². The summed E-state index contributed by atoms with van der Waals surface area (Å²) in [7, 11) is 0. The predicted octanol–water partition coefficient (Wildman–Crippen LogP) is 2.71. The summed E-state index contributed by atoms with van der Waals surface area (Å²) in [4.78, 5) is 24.9. The van der Waals surface area contributed by atoms with Crippen molar-refractivity contribution in [3.05, 3.63) is 0 Å². The number of rotatable bonds is 6. The van der Waals surface area contributed by atoms with Crippen LogP contribution >= 0.6 is 0 Å². The summed E-state index contributed by atoms with van der Waals surface area (Å²) in [5.41, 5.74) is 0. The molecular weight excluding hydrogens is 256 g/mol. The summed E-state index contributed by atoms with van der Waals surface area (Å²) in [5.74, 6) is -0.349. The Morgan fingerprint density at radius 2 is 2.05 bits per heavy atom. The van der Waals surface area contributed by atoms with Gasteiger partial charge in [-0.15, -0.1) is 0 Å². The normalized spacial score (nSPS) is 20.8. The van der Waals surface area contributed by atoms with Crippen molar-refractivity contribution in [3.63, 3.8) is 0 Å². The third-order valence-electron chi connectivity index (χ3n) is 3.87. The van der Waals surface area contributed by atoms with Crippen molar-refractivity contribution in [2.24, 2.45) is 11.8 Å². The monoisotopic (exact) mass is 284 g/mol. The number of carbonyl (C=O) groups excluding carboxylic acids is 1. The fourth-order valence-electron chi connectivity index (χ4n) is 2.89. The zero-order chi connectivity index (χ0) is 15.1. The van der Waals surface area contributed by atoms with Gasteiger partial charge in [0.1, 0.15) is 0 Å². The smallest absolute Gasteiger partial charge is 0.317 e. The van der Waals surface area contributed by atoms with Crippen molar-refractivity contribution in [3.8, 4) is 0 Å². The van der Waals surface area contributed by atoms with Crippen LogP contribution in [0, 0.1) is 11.8 Å². The highest BCUT2D eigenvalue weighted by molar-refractivity contribution is 5.74. The summed E-state index contributed by atoms with van der Waals surface area (Å²) < 4.78 is 0. The molecule has 116 valence electrons. The second kappa shape index (κ2) is 8.12. The van der Waals surface area contributed by atoms with Gasteiger partial charge in [0.25, 0.3) is 0 Å². The van der Waals surface area contributed by atoms with Crippen molar-refractivity contribution < 1.29 is 14.7 Å². The minimum atomic E-state index is -0.795. The van der Waals surface area contributed by atoms with Crippen molar-refractivity contribution in [1.29, 1.82) is 0 Å². The summed E-state index contributed by atoms with van der Waals surface area (Å²) in [5, 5.41) is 11.8. The van der Waals surface area contributed by atoms with Crippen molar-refractivity contribution in [1.82, 2.24) is 10.2 Å². The molecule has 2 N–H and O–H groups in total. The molecule has 2 atom stereocenters. The first-order valence-corrected chi connectivity index (χ1v) is 7.66. The molecule has 1 unspecified atom stereocenters. The van der Waals surface area contributed by atoms with Gasteiger partial charge in [-0.1, -0.05) is 13.8 Å². The van der Waals surface area contributed by atoms with E-state index in [1.807, 2.05) is 4.90 Å². The van der Waals surface area contributed by atoms with Crippen LogP contribution in [0.1, 0.15) is 52.9 Å². The molecule has 1 aliphatic heterocycles. The Morgan fingerprint density at radius 1 is 1.35 bits per heavy atom. The molecule has 0 aromatic heterocycles. The summed E-state index contributed by atoms with van der Waals surface area (Å²) in [6, 6.07) is 0.239. The Balaban J connectivity index is 2.44. The highest BCUT2D eigenvalue weighted by atomic mass is 16.4. The molecule has 0 radical (unpaired) electrons. The first-order valence-electron chi connectivity index (χ1n) is 7.66. The van der Waals surface area contributed by atoms with Crippen LogP contribution < -0.4 is 5.32 Å². The van der Waals surface area contributed by atoms with Crippen LogP contribution in [-0.4, -0.2) is 41.1 Å². The number of nitrogens with one attached hydrogen (secondary N) is 1. The van der Waals surface area contributed by atoms with Crippen LogP contribution in [-0.2, 0) is 4.79 Å². The van der Waals surface area contributed by atoms with Gasteiger partial charge < -0.3 is 15.3 Å². The van der Waals surface area contributed by atoms with Crippen molar-refractivity contribution in [2.75, 3.05) is 13.1 Å². The van der Waals surface area contributed by atoms with Crippen LogP contribution in [0.2, 0.25) is 0 Å². The Bertz CT molecular complexity index is 331. The highest BCUT2D eigenvalue weighted by Gasteiger charge is 2.24. The van der Waals surface area contributed by atoms with Crippen molar-refractivity contribution >= 4 is 12.0 Å². The number of amides is 2. The van der Waals surface area contributed by atoms with Gasteiger partial charge in [-0.25, -0.2) is 4.79 Å². The molecule has 0 aromatic rings. The van der Waals surface area contributed by atoms with Gasteiger partial charge in [-0.3, -0.25) is 4.79 Å². The number of hydrogen-bond acceptors (Lipinski definition) is 2. The lowest BCUT2D eigenvalue weighted by atomic mass is 9.94. The first-order chi connectivity index (χ1) is 9.40. The minimum Gasteiger partial charge on any atom is -0.481 e. The topological polar surface area (TPSA) is 69.6 Å². The molecule has 5 nitrogen and oxygen atoms in total. The maximum atomic E-state index is 12.2. The first kappa shape index (κ1) is 16.8. The second-order valence-electron chi connectivity index (χ2n) is 6.32. The zero-order valence-electron chi connectivity index (χ0n) is 12.9. The average Bonchev–Trinajstić information content (AvgIpc) is 2.34. The lowest BCUT2D eigenvalue weighted by molar-refractivity contribution is -0.138. The van der Waals surface area contributed by atoms with Crippen LogP contribution in [0.5, 0.6) is 0 Å². The third-order valence-corrected chi connectivity index (χ3v) is 3.87. The quantitative estimate of drug-likeness (QED) is 0.788.